The molecule has 0 radical (unpaired) electrons. The maximum atomic E-state index is 14.2. The van der Waals surface area contributed by atoms with E-state index in [9.17, 15) is 40.7 Å². The third-order valence-electron chi connectivity index (χ3n) is 5.69. The second-order valence-electron chi connectivity index (χ2n) is 7.50. The van der Waals surface area contributed by atoms with Gasteiger partial charge in [-0.2, -0.15) is 5.26 Å². The first-order valence-electron chi connectivity index (χ1n) is 8.99. The fraction of sp³-hybridized carbons (Fsp3) is 0.421. The lowest BCUT2D eigenvalue weighted by Gasteiger charge is -2.29. The molecule has 2 aliphatic rings. The Morgan fingerprint density at radius 2 is 1.90 bits per heavy atom. The number of alkyl halides is 4. The Bertz CT molecular complexity index is 1180. The lowest BCUT2D eigenvalue weighted by atomic mass is 9.91. The SMILES string of the molecule is N#CC1(S(=O)(=O)c2cn(-c3ccc(F)c(C(F)F)c3)c3c2[C@H](O)C(F)(F)CC3)CC1. The van der Waals surface area contributed by atoms with Gasteiger partial charge in [-0.1, -0.05) is 0 Å². The molecule has 0 aliphatic heterocycles. The Morgan fingerprint density at radius 1 is 1.23 bits per heavy atom. The van der Waals surface area contributed by atoms with Gasteiger partial charge in [0.05, 0.1) is 16.5 Å². The number of nitrogens with zero attached hydrogens (tertiary/aromatic N) is 2. The molecule has 1 aromatic carbocycles. The zero-order valence-electron chi connectivity index (χ0n) is 15.2. The summed E-state index contributed by atoms with van der Waals surface area (Å²) >= 11 is 0. The van der Waals surface area contributed by atoms with Gasteiger partial charge in [-0.15, -0.1) is 0 Å². The average molecular weight is 446 g/mol. The van der Waals surface area contributed by atoms with E-state index in [0.29, 0.717) is 0 Å². The lowest BCUT2D eigenvalue weighted by molar-refractivity contribution is -0.123. The third kappa shape index (κ3) is 2.85. The van der Waals surface area contributed by atoms with Crippen molar-refractivity contribution >= 4 is 9.84 Å². The summed E-state index contributed by atoms with van der Waals surface area (Å²) < 4.78 is 93.8. The highest BCUT2D eigenvalue weighted by Gasteiger charge is 2.58. The van der Waals surface area contributed by atoms with E-state index in [2.05, 4.69) is 0 Å². The molecule has 1 aromatic heterocycles. The van der Waals surface area contributed by atoms with Crippen molar-refractivity contribution < 1.29 is 35.5 Å². The Hall–Kier alpha value is -2.45. The zero-order valence-corrected chi connectivity index (χ0v) is 16.1. The molecule has 30 heavy (non-hydrogen) atoms. The van der Waals surface area contributed by atoms with Crippen LogP contribution < -0.4 is 0 Å². The Morgan fingerprint density at radius 3 is 2.47 bits per heavy atom. The predicted molar refractivity (Wildman–Crippen MR) is 93.7 cm³/mol. The molecule has 1 fully saturated rings. The van der Waals surface area contributed by atoms with Crippen molar-refractivity contribution in [1.29, 1.82) is 5.26 Å². The van der Waals surface area contributed by atoms with Crippen molar-refractivity contribution in [2.45, 2.75) is 53.8 Å². The van der Waals surface area contributed by atoms with Gasteiger partial charge in [-0.05, 0) is 37.5 Å². The summed E-state index contributed by atoms with van der Waals surface area (Å²) in [5, 5.41) is 19.6. The summed E-state index contributed by atoms with van der Waals surface area (Å²) in [4.78, 5) is -0.633. The lowest BCUT2D eigenvalue weighted by Crippen LogP contribution is -2.33. The number of aliphatic hydroxyl groups is 1. The van der Waals surface area contributed by atoms with Crippen LogP contribution in [-0.4, -0.2) is 28.8 Å². The molecule has 0 unspecified atom stereocenters. The van der Waals surface area contributed by atoms with E-state index in [0.717, 1.165) is 29.0 Å². The molecule has 4 rings (SSSR count). The highest BCUT2D eigenvalue weighted by atomic mass is 32.2. The van der Waals surface area contributed by atoms with E-state index in [-0.39, 0.29) is 30.6 Å². The van der Waals surface area contributed by atoms with Crippen molar-refractivity contribution in [3.63, 3.8) is 0 Å². The van der Waals surface area contributed by atoms with Crippen LogP contribution in [0.25, 0.3) is 5.69 Å². The quantitative estimate of drug-likeness (QED) is 0.720. The van der Waals surface area contributed by atoms with Crippen molar-refractivity contribution in [3.05, 3.63) is 47.0 Å². The Labute approximate surface area is 168 Å². The molecular weight excluding hydrogens is 431 g/mol. The van der Waals surface area contributed by atoms with Gasteiger partial charge in [-0.25, -0.2) is 30.4 Å². The molecule has 0 amide bonds. The van der Waals surface area contributed by atoms with E-state index >= 15 is 0 Å². The van der Waals surface area contributed by atoms with Crippen LogP contribution in [0.5, 0.6) is 0 Å². The van der Waals surface area contributed by atoms with Gasteiger partial charge in [0.1, 0.15) is 11.9 Å². The fourth-order valence-electron chi connectivity index (χ4n) is 3.77. The second kappa shape index (κ2) is 6.52. The van der Waals surface area contributed by atoms with Gasteiger partial charge in [0.2, 0.25) is 0 Å². The number of nitriles is 1. The van der Waals surface area contributed by atoms with Crippen LogP contribution in [0.1, 0.15) is 48.6 Å². The van der Waals surface area contributed by atoms with E-state index in [4.69, 9.17) is 0 Å². The predicted octanol–water partition coefficient (Wildman–Crippen LogP) is 4.00. The standard InChI is InChI=1S/C19H15F5N2O3S/c20-12-2-1-10(7-11(12)17(21)22)26-8-14(30(28,29)18(9-25)5-6-18)15-13(26)3-4-19(23,24)16(15)27/h1-2,7-8,16-17,27H,3-6H2/t16-/m0/s1. The zero-order chi connectivity index (χ0) is 22.1. The first-order valence-corrected chi connectivity index (χ1v) is 10.5. The fourth-order valence-corrected chi connectivity index (χ4v) is 5.72. The summed E-state index contributed by atoms with van der Waals surface area (Å²) in [6.45, 7) is 0. The molecule has 1 atom stereocenters. The van der Waals surface area contributed by atoms with Crippen molar-refractivity contribution in [2.24, 2.45) is 0 Å². The monoisotopic (exact) mass is 446 g/mol. The maximum Gasteiger partial charge on any atom is 0.278 e. The van der Waals surface area contributed by atoms with Gasteiger partial charge < -0.3 is 9.67 Å². The molecule has 5 nitrogen and oxygen atoms in total. The number of hydrogen-bond acceptors (Lipinski definition) is 4. The molecule has 160 valence electrons. The summed E-state index contributed by atoms with van der Waals surface area (Å²) in [7, 11) is -4.42. The molecule has 11 heteroatoms. The summed E-state index contributed by atoms with van der Waals surface area (Å²) in [5.74, 6) is -4.78. The van der Waals surface area contributed by atoms with Crippen LogP contribution in [0.2, 0.25) is 0 Å². The normalized spacial score (nSPS) is 21.9. The second-order valence-corrected chi connectivity index (χ2v) is 9.73. The number of rotatable bonds is 4. The number of aliphatic hydroxyl groups excluding tert-OH is 1. The molecule has 1 N–H and O–H groups in total. The molecule has 1 saturated carbocycles. The third-order valence-corrected chi connectivity index (χ3v) is 8.12. The molecule has 0 saturated heterocycles. The maximum absolute atomic E-state index is 14.2. The molecule has 0 spiro atoms. The topological polar surface area (TPSA) is 83.1 Å². The minimum Gasteiger partial charge on any atom is -0.382 e. The van der Waals surface area contributed by atoms with Crippen molar-refractivity contribution in [2.75, 3.05) is 0 Å². The number of aromatic nitrogens is 1. The first kappa shape index (κ1) is 20.8. The van der Waals surface area contributed by atoms with E-state index in [1.165, 1.54) is 0 Å². The minimum atomic E-state index is -4.42. The van der Waals surface area contributed by atoms with Gasteiger partial charge in [-0.3, -0.25) is 0 Å². The molecule has 0 bridgehead atoms. The molecule has 2 aromatic rings. The van der Waals surface area contributed by atoms with Crippen LogP contribution in [0, 0.1) is 17.1 Å². The van der Waals surface area contributed by atoms with Gasteiger partial charge >= 0.3 is 0 Å². The molecular formula is C19H15F5N2O3S. The van der Waals surface area contributed by atoms with Crippen LogP contribution >= 0.6 is 0 Å². The summed E-state index contributed by atoms with van der Waals surface area (Å²) in [6.07, 6.45) is -5.76. The van der Waals surface area contributed by atoms with Crippen molar-refractivity contribution in [1.82, 2.24) is 4.57 Å². The van der Waals surface area contributed by atoms with E-state index in [1.54, 1.807) is 6.07 Å². The highest BCUT2D eigenvalue weighted by Crippen LogP contribution is 2.51. The first-order chi connectivity index (χ1) is 13.9. The van der Waals surface area contributed by atoms with Crippen LogP contribution in [0.4, 0.5) is 22.0 Å². The van der Waals surface area contributed by atoms with Gasteiger partial charge in [0.15, 0.2) is 14.6 Å². The van der Waals surface area contributed by atoms with Gasteiger partial charge in [0.25, 0.3) is 12.3 Å². The Kier molecular flexibility index (Phi) is 4.52. The number of hydrogen-bond donors (Lipinski definition) is 1. The number of benzene rings is 1. The Balaban J connectivity index is 1.98. The number of halogens is 5. The van der Waals surface area contributed by atoms with E-state index in [1.807, 2.05) is 0 Å². The number of sulfone groups is 1. The van der Waals surface area contributed by atoms with Crippen LogP contribution in [0.3, 0.4) is 0 Å². The van der Waals surface area contributed by atoms with Crippen LogP contribution in [-0.2, 0) is 16.3 Å². The minimum absolute atomic E-state index is 0.00688. The summed E-state index contributed by atoms with van der Waals surface area (Å²) in [6, 6.07) is 4.37. The smallest absolute Gasteiger partial charge is 0.278 e. The van der Waals surface area contributed by atoms with Crippen molar-refractivity contribution in [3.8, 4) is 11.8 Å². The largest absolute Gasteiger partial charge is 0.382 e. The highest BCUT2D eigenvalue weighted by molar-refractivity contribution is 7.93. The summed E-state index contributed by atoms with van der Waals surface area (Å²) in [5.41, 5.74) is -1.55. The molecule has 1 heterocycles. The van der Waals surface area contributed by atoms with Gasteiger partial charge in [0, 0.05) is 29.6 Å². The number of fused-ring (bicyclic) bond motifs is 1. The van der Waals surface area contributed by atoms with Crippen LogP contribution in [0.15, 0.2) is 29.3 Å². The molecule has 2 aliphatic carbocycles. The van der Waals surface area contributed by atoms with E-state index < -0.39 is 61.3 Å². The average Bonchev–Trinajstić information content (AvgIpc) is 3.40.